The molecule has 1 saturated heterocycles. The predicted molar refractivity (Wildman–Crippen MR) is 82.9 cm³/mol. The second kappa shape index (κ2) is 7.35. The van der Waals surface area contributed by atoms with Gasteiger partial charge in [-0.1, -0.05) is 0 Å². The van der Waals surface area contributed by atoms with Crippen molar-refractivity contribution in [3.63, 3.8) is 0 Å². The summed E-state index contributed by atoms with van der Waals surface area (Å²) in [7, 11) is 1.59. The van der Waals surface area contributed by atoms with Crippen molar-refractivity contribution >= 4 is 21.7 Å². The van der Waals surface area contributed by atoms with Crippen molar-refractivity contribution in [2.75, 3.05) is 33.4 Å². The van der Waals surface area contributed by atoms with Crippen LogP contribution in [-0.2, 0) is 4.74 Å². The number of nitrogens with zero attached hydrogens (tertiary/aromatic N) is 1. The second-order valence-corrected chi connectivity index (χ2v) is 6.04. The van der Waals surface area contributed by atoms with Crippen LogP contribution in [0.2, 0.25) is 0 Å². The van der Waals surface area contributed by atoms with Gasteiger partial charge in [0.2, 0.25) is 0 Å². The van der Waals surface area contributed by atoms with Crippen LogP contribution in [0.4, 0.5) is 0 Å². The van der Waals surface area contributed by atoms with Crippen molar-refractivity contribution in [3.8, 4) is 5.75 Å². The van der Waals surface area contributed by atoms with Gasteiger partial charge in [0, 0.05) is 18.2 Å². The molecule has 1 N–H and O–H groups in total. The monoisotopic (exact) mass is 357 g/mol. The summed E-state index contributed by atoms with van der Waals surface area (Å²) >= 11 is 3.39. The van der Waals surface area contributed by atoms with Gasteiger partial charge in [0.1, 0.15) is 5.75 Å². The molecule has 0 aliphatic carbocycles. The summed E-state index contributed by atoms with van der Waals surface area (Å²) in [5, 5.41) is 9.18. The fraction of sp³-hybridized carbons (Fsp3) is 0.533. The summed E-state index contributed by atoms with van der Waals surface area (Å²) in [6.07, 6.45) is -0.211. The minimum Gasteiger partial charge on any atom is -0.496 e. The van der Waals surface area contributed by atoms with Crippen LogP contribution in [-0.4, -0.2) is 61.3 Å². The molecule has 0 bridgehead atoms. The van der Waals surface area contributed by atoms with Gasteiger partial charge in [-0.15, -0.1) is 0 Å². The zero-order valence-electron chi connectivity index (χ0n) is 12.2. The number of carbonyl (C=O) groups excluding carboxylic acids is 1. The smallest absolute Gasteiger partial charge is 0.176 e. The summed E-state index contributed by atoms with van der Waals surface area (Å²) in [6, 6.07) is 5.48. The molecule has 1 aliphatic rings. The van der Waals surface area contributed by atoms with E-state index in [4.69, 9.17) is 9.47 Å². The lowest BCUT2D eigenvalue weighted by Gasteiger charge is -2.36. The fourth-order valence-corrected chi connectivity index (χ4v) is 2.86. The highest BCUT2D eigenvalue weighted by Gasteiger charge is 2.27. The molecule has 1 heterocycles. The second-order valence-electron chi connectivity index (χ2n) is 5.19. The summed E-state index contributed by atoms with van der Waals surface area (Å²) in [5.41, 5.74) is 0.641. The predicted octanol–water partition coefficient (Wildman–Crippen LogP) is 1.72. The minimum absolute atomic E-state index is 0.0223. The SMILES string of the molecule is COc1ccc(C(=O)CN2CC(CO)OCC2C)cc1Br. The van der Waals surface area contributed by atoms with Crippen LogP contribution in [0.1, 0.15) is 17.3 Å². The molecule has 2 atom stereocenters. The Hall–Kier alpha value is -0.950. The van der Waals surface area contributed by atoms with Crippen molar-refractivity contribution in [1.29, 1.82) is 0 Å². The molecule has 1 aliphatic heterocycles. The van der Waals surface area contributed by atoms with Crippen molar-refractivity contribution < 1.29 is 19.4 Å². The largest absolute Gasteiger partial charge is 0.496 e. The zero-order chi connectivity index (χ0) is 15.4. The molecule has 5 nitrogen and oxygen atoms in total. The standard InChI is InChI=1S/C15H20BrNO4/c1-10-9-21-12(8-18)6-17(10)7-14(19)11-3-4-15(20-2)13(16)5-11/h3-5,10,12,18H,6-9H2,1-2H3. The van der Waals surface area contributed by atoms with Crippen LogP contribution in [0, 0.1) is 0 Å². The topological polar surface area (TPSA) is 59.0 Å². The Morgan fingerprint density at radius 1 is 1.57 bits per heavy atom. The first-order valence-electron chi connectivity index (χ1n) is 6.88. The number of methoxy groups -OCH3 is 1. The maximum absolute atomic E-state index is 12.4. The normalized spacial score (nSPS) is 23.0. The Bertz CT molecular complexity index is 508. The Kier molecular flexibility index (Phi) is 5.75. The molecule has 0 aromatic heterocycles. The van der Waals surface area contributed by atoms with Gasteiger partial charge >= 0.3 is 0 Å². The van der Waals surface area contributed by atoms with Gasteiger partial charge in [-0.3, -0.25) is 9.69 Å². The third-order valence-electron chi connectivity index (χ3n) is 3.66. The molecule has 1 aromatic rings. The highest BCUT2D eigenvalue weighted by Crippen LogP contribution is 2.26. The zero-order valence-corrected chi connectivity index (χ0v) is 13.8. The number of ether oxygens (including phenoxy) is 2. The number of rotatable bonds is 5. The molecule has 0 amide bonds. The lowest BCUT2D eigenvalue weighted by molar-refractivity contribution is -0.0747. The average molecular weight is 358 g/mol. The Balaban J connectivity index is 2.04. The number of halogens is 1. The van der Waals surface area contributed by atoms with Gasteiger partial charge < -0.3 is 14.6 Å². The molecule has 116 valence electrons. The van der Waals surface area contributed by atoms with Gasteiger partial charge in [0.25, 0.3) is 0 Å². The van der Waals surface area contributed by atoms with Gasteiger partial charge in [-0.2, -0.15) is 0 Å². The number of hydrogen-bond acceptors (Lipinski definition) is 5. The maximum Gasteiger partial charge on any atom is 0.176 e. The van der Waals surface area contributed by atoms with Gasteiger partial charge in [-0.05, 0) is 41.1 Å². The van der Waals surface area contributed by atoms with E-state index in [0.29, 0.717) is 31.0 Å². The number of carbonyl (C=O) groups is 1. The first kappa shape index (κ1) is 16.4. The van der Waals surface area contributed by atoms with E-state index < -0.39 is 0 Å². The lowest BCUT2D eigenvalue weighted by Crippen LogP contribution is -2.51. The van der Waals surface area contributed by atoms with Crippen LogP contribution < -0.4 is 4.74 Å². The Labute approximate surface area is 133 Å². The first-order chi connectivity index (χ1) is 10.0. The highest BCUT2D eigenvalue weighted by atomic mass is 79.9. The first-order valence-corrected chi connectivity index (χ1v) is 7.67. The van der Waals surface area contributed by atoms with Crippen molar-refractivity contribution in [2.24, 2.45) is 0 Å². The van der Waals surface area contributed by atoms with E-state index in [0.717, 1.165) is 4.47 Å². The minimum atomic E-state index is -0.211. The lowest BCUT2D eigenvalue weighted by atomic mass is 10.1. The van der Waals surface area contributed by atoms with Crippen molar-refractivity contribution in [1.82, 2.24) is 4.90 Å². The van der Waals surface area contributed by atoms with Gasteiger partial charge in [0.05, 0.1) is 37.4 Å². The third-order valence-corrected chi connectivity index (χ3v) is 4.28. The molecule has 2 rings (SSSR count). The van der Waals surface area contributed by atoms with Crippen molar-refractivity contribution in [2.45, 2.75) is 19.1 Å². The van der Waals surface area contributed by atoms with E-state index in [2.05, 4.69) is 15.9 Å². The number of benzene rings is 1. The Morgan fingerprint density at radius 3 is 2.95 bits per heavy atom. The summed E-state index contributed by atoms with van der Waals surface area (Å²) < 4.78 is 11.4. The van der Waals surface area contributed by atoms with Crippen LogP contribution in [0.25, 0.3) is 0 Å². The average Bonchev–Trinajstić information content (AvgIpc) is 2.49. The van der Waals surface area contributed by atoms with E-state index >= 15 is 0 Å². The number of Topliss-reactive ketones (excluding diaryl/α,β-unsaturated/α-hetero) is 1. The quantitative estimate of drug-likeness (QED) is 0.813. The molecular weight excluding hydrogens is 338 g/mol. The third kappa shape index (κ3) is 4.03. The Morgan fingerprint density at radius 2 is 2.33 bits per heavy atom. The number of ketones is 1. The van der Waals surface area contributed by atoms with E-state index in [1.807, 2.05) is 11.8 Å². The van der Waals surface area contributed by atoms with E-state index in [1.54, 1.807) is 25.3 Å². The maximum atomic E-state index is 12.4. The van der Waals surface area contributed by atoms with E-state index in [1.165, 1.54) is 0 Å². The summed E-state index contributed by atoms with van der Waals surface area (Å²) in [6.45, 7) is 3.42. The van der Waals surface area contributed by atoms with Crippen LogP contribution in [0.3, 0.4) is 0 Å². The van der Waals surface area contributed by atoms with Crippen LogP contribution in [0.15, 0.2) is 22.7 Å². The molecule has 1 fully saturated rings. The van der Waals surface area contributed by atoms with E-state index in [-0.39, 0.29) is 24.5 Å². The number of aliphatic hydroxyl groups is 1. The van der Waals surface area contributed by atoms with Gasteiger partial charge in [-0.25, -0.2) is 0 Å². The molecule has 2 unspecified atom stereocenters. The number of hydrogen-bond donors (Lipinski definition) is 1. The van der Waals surface area contributed by atoms with Gasteiger partial charge in [0.15, 0.2) is 5.78 Å². The fourth-order valence-electron chi connectivity index (χ4n) is 2.32. The molecule has 1 aromatic carbocycles. The molecule has 0 radical (unpaired) electrons. The van der Waals surface area contributed by atoms with Crippen molar-refractivity contribution in [3.05, 3.63) is 28.2 Å². The number of morpholine rings is 1. The van der Waals surface area contributed by atoms with E-state index in [9.17, 15) is 9.90 Å². The molecule has 0 spiro atoms. The molecule has 21 heavy (non-hydrogen) atoms. The highest BCUT2D eigenvalue weighted by molar-refractivity contribution is 9.10. The summed E-state index contributed by atoms with van der Waals surface area (Å²) in [5.74, 6) is 0.746. The van der Waals surface area contributed by atoms with Crippen LogP contribution >= 0.6 is 15.9 Å². The molecular formula is C15H20BrNO4. The number of aliphatic hydroxyl groups excluding tert-OH is 1. The summed E-state index contributed by atoms with van der Waals surface area (Å²) in [4.78, 5) is 14.4. The molecule has 6 heteroatoms. The molecule has 0 saturated carbocycles. The van der Waals surface area contributed by atoms with Crippen LogP contribution in [0.5, 0.6) is 5.75 Å².